The maximum atomic E-state index is 13.1. The van der Waals surface area contributed by atoms with Gasteiger partial charge in [-0.1, -0.05) is 6.92 Å². The highest BCUT2D eigenvalue weighted by Crippen LogP contribution is 2.71. The van der Waals surface area contributed by atoms with E-state index >= 15 is 0 Å². The number of aliphatic hydroxyl groups is 2. The Morgan fingerprint density at radius 2 is 1.80 bits per heavy atom. The van der Waals surface area contributed by atoms with E-state index in [0.717, 1.165) is 22.8 Å². The molecule has 8 atom stereocenters. The number of ether oxygens (including phenoxy) is 1. The molecule has 0 amide bonds. The van der Waals surface area contributed by atoms with Crippen LogP contribution < -0.4 is 16.9 Å². The second-order valence-corrected chi connectivity index (χ2v) is 14.4. The Bertz CT molecular complexity index is 1910. The Kier molecular flexibility index (Phi) is 6.92. The van der Waals surface area contributed by atoms with Crippen molar-refractivity contribution in [3.05, 3.63) is 61.5 Å². The average Bonchev–Trinajstić information content (AvgIpc) is 3.57. The molecule has 0 aromatic carbocycles. The Hall–Kier alpha value is -3.84. The van der Waals surface area contributed by atoms with Gasteiger partial charge < -0.3 is 28.7 Å². The second-order valence-electron chi connectivity index (χ2n) is 14.4. The van der Waals surface area contributed by atoms with E-state index in [9.17, 15) is 34.2 Å². The van der Waals surface area contributed by atoms with E-state index in [4.69, 9.17) is 9.15 Å². The third-order valence-corrected chi connectivity index (χ3v) is 12.6. The summed E-state index contributed by atoms with van der Waals surface area (Å²) in [5.41, 5.74) is -4.36. The van der Waals surface area contributed by atoms with E-state index in [-0.39, 0.29) is 41.9 Å². The summed E-state index contributed by atoms with van der Waals surface area (Å²) in [5.74, 6) is -1.04. The number of nitrogens with zero attached hydrogens (tertiary/aromatic N) is 4. The minimum absolute atomic E-state index is 0.00336. The zero-order valence-electron chi connectivity index (χ0n) is 26.3. The van der Waals surface area contributed by atoms with Crippen LogP contribution in [0.5, 0.6) is 0 Å². The number of rotatable bonds is 5. The van der Waals surface area contributed by atoms with Crippen molar-refractivity contribution in [2.24, 2.45) is 36.8 Å². The quantitative estimate of drug-likeness (QED) is 0.309. The molecular formula is C33H40N4O9. The molecular weight excluding hydrogens is 596 g/mol. The first-order valence-corrected chi connectivity index (χ1v) is 16.1. The van der Waals surface area contributed by atoms with Gasteiger partial charge in [0.05, 0.1) is 29.2 Å². The molecule has 246 valence electrons. The molecule has 3 heterocycles. The largest absolute Gasteiger partial charge is 0.461 e. The van der Waals surface area contributed by atoms with Gasteiger partial charge in [0.1, 0.15) is 18.9 Å². The fraction of sp³-hybridized carbons (Fsp3) is 0.636. The standard InChI is InChI=1S/C33H40N4O9/c1-30-10-7-22-23(33(30,44)13-9-21(30)19-4-5-24(39)45-16-19)8-12-32(43)14-20(6-11-31(22,32)17-38)46-25(40)15-37-18-34-27-26(37)28(41)36(3)29(42)35(27)2/h4-5,16-18,20-23,43-44H,6-15H2,1-3H3. The van der Waals surface area contributed by atoms with Crippen molar-refractivity contribution >= 4 is 23.4 Å². The molecule has 4 aliphatic rings. The van der Waals surface area contributed by atoms with Gasteiger partial charge in [-0.25, -0.2) is 14.6 Å². The number of aldehydes is 1. The van der Waals surface area contributed by atoms with Crippen molar-refractivity contribution in [3.63, 3.8) is 0 Å². The van der Waals surface area contributed by atoms with Crippen molar-refractivity contribution in [3.8, 4) is 0 Å². The molecule has 4 aliphatic carbocycles. The summed E-state index contributed by atoms with van der Waals surface area (Å²) < 4.78 is 14.6. The zero-order chi connectivity index (χ0) is 32.8. The number of hydrogen-bond donors (Lipinski definition) is 2. The lowest BCUT2D eigenvalue weighted by atomic mass is 9.41. The summed E-state index contributed by atoms with van der Waals surface area (Å²) in [6.07, 6.45) is 7.32. The predicted octanol–water partition coefficient (Wildman–Crippen LogP) is 1.53. The number of aromatic nitrogens is 4. The van der Waals surface area contributed by atoms with Crippen LogP contribution in [0.2, 0.25) is 0 Å². The molecule has 46 heavy (non-hydrogen) atoms. The van der Waals surface area contributed by atoms with Gasteiger partial charge in [-0.2, -0.15) is 0 Å². The fourth-order valence-electron chi connectivity index (χ4n) is 10.2. The van der Waals surface area contributed by atoms with Gasteiger partial charge in [-0.15, -0.1) is 0 Å². The normalized spacial score (nSPS) is 36.9. The van der Waals surface area contributed by atoms with Gasteiger partial charge >= 0.3 is 17.3 Å². The first kappa shape index (κ1) is 30.8. The molecule has 13 heteroatoms. The summed E-state index contributed by atoms with van der Waals surface area (Å²) in [6.45, 7) is 1.80. The smallest absolute Gasteiger partial charge is 0.335 e. The van der Waals surface area contributed by atoms with Gasteiger partial charge in [0.15, 0.2) is 11.2 Å². The van der Waals surface area contributed by atoms with Crippen LogP contribution in [0.15, 0.2) is 43.5 Å². The van der Waals surface area contributed by atoms with E-state index in [1.54, 1.807) is 6.07 Å². The topological polar surface area (TPSA) is 176 Å². The maximum absolute atomic E-state index is 13.1. The molecule has 4 fully saturated rings. The summed E-state index contributed by atoms with van der Waals surface area (Å²) in [7, 11) is 2.85. The third-order valence-electron chi connectivity index (χ3n) is 12.6. The summed E-state index contributed by atoms with van der Waals surface area (Å²) in [6, 6.07) is 3.20. The highest BCUT2D eigenvalue weighted by Gasteiger charge is 2.71. The van der Waals surface area contributed by atoms with Crippen LogP contribution >= 0.6 is 0 Å². The van der Waals surface area contributed by atoms with Crippen LogP contribution in [-0.2, 0) is 35.0 Å². The predicted molar refractivity (Wildman–Crippen MR) is 163 cm³/mol. The molecule has 0 aliphatic heterocycles. The molecule has 8 unspecified atom stereocenters. The van der Waals surface area contributed by atoms with Gasteiger partial charge in [0.2, 0.25) is 0 Å². The average molecular weight is 637 g/mol. The lowest BCUT2D eigenvalue weighted by Crippen LogP contribution is -2.68. The zero-order valence-corrected chi connectivity index (χ0v) is 26.3. The lowest BCUT2D eigenvalue weighted by molar-refractivity contribution is -0.248. The number of hydrogen-bond acceptors (Lipinski definition) is 10. The molecule has 0 spiro atoms. The Morgan fingerprint density at radius 3 is 2.52 bits per heavy atom. The SMILES string of the molecule is Cn1c(=O)c2c(ncn2CC(=O)OC2CCC3(C=O)C4CCC5(C)C(c6ccc(=O)oc6)CCC5(O)C4CCC3(O)C2)n(C)c1=O. The number of carbonyl (C=O) groups is 2. The molecule has 13 nitrogen and oxygen atoms in total. The molecule has 4 saturated carbocycles. The van der Waals surface area contributed by atoms with Crippen LogP contribution in [-0.4, -0.2) is 58.5 Å². The maximum Gasteiger partial charge on any atom is 0.335 e. The minimum atomic E-state index is -1.40. The fourth-order valence-corrected chi connectivity index (χ4v) is 10.2. The van der Waals surface area contributed by atoms with Gasteiger partial charge in [-0.3, -0.25) is 18.7 Å². The Labute approximate surface area is 263 Å². The molecule has 2 N–H and O–H groups in total. The minimum Gasteiger partial charge on any atom is -0.461 e. The van der Waals surface area contributed by atoms with Crippen LogP contribution in [0.25, 0.3) is 11.2 Å². The van der Waals surface area contributed by atoms with Crippen LogP contribution in [0.3, 0.4) is 0 Å². The van der Waals surface area contributed by atoms with Crippen LogP contribution in [0.1, 0.15) is 76.2 Å². The van der Waals surface area contributed by atoms with Gasteiger partial charge in [-0.05, 0) is 80.8 Å². The van der Waals surface area contributed by atoms with E-state index in [1.165, 1.54) is 41.9 Å². The van der Waals surface area contributed by atoms with Crippen LogP contribution in [0.4, 0.5) is 0 Å². The number of fused-ring (bicyclic) bond motifs is 6. The number of esters is 1. The number of carbonyl (C=O) groups excluding carboxylic acids is 2. The van der Waals surface area contributed by atoms with Gasteiger partial charge in [0, 0.05) is 32.0 Å². The van der Waals surface area contributed by atoms with Crippen molar-refractivity contribution in [1.82, 2.24) is 18.7 Å². The molecule has 3 aromatic heterocycles. The molecule has 3 aromatic rings. The van der Waals surface area contributed by atoms with Gasteiger partial charge in [0.25, 0.3) is 5.56 Å². The lowest BCUT2D eigenvalue weighted by Gasteiger charge is -2.65. The monoisotopic (exact) mass is 636 g/mol. The highest BCUT2D eigenvalue weighted by atomic mass is 16.5. The summed E-state index contributed by atoms with van der Waals surface area (Å²) >= 11 is 0. The molecule has 0 saturated heterocycles. The van der Waals surface area contributed by atoms with E-state index in [2.05, 4.69) is 11.9 Å². The van der Waals surface area contributed by atoms with E-state index < -0.39 is 51.0 Å². The van der Waals surface area contributed by atoms with E-state index in [1.807, 2.05) is 0 Å². The molecule has 0 radical (unpaired) electrons. The van der Waals surface area contributed by atoms with Crippen molar-refractivity contribution in [1.29, 1.82) is 0 Å². The van der Waals surface area contributed by atoms with E-state index in [0.29, 0.717) is 44.9 Å². The first-order chi connectivity index (χ1) is 21.8. The summed E-state index contributed by atoms with van der Waals surface area (Å²) in [5, 5.41) is 24.7. The van der Waals surface area contributed by atoms with Crippen molar-refractivity contribution < 1.29 is 29.0 Å². The van der Waals surface area contributed by atoms with Crippen molar-refractivity contribution in [2.45, 2.75) is 94.5 Å². The Balaban J connectivity index is 1.10. The molecule has 7 rings (SSSR count). The first-order valence-electron chi connectivity index (χ1n) is 16.1. The second kappa shape index (κ2) is 10.3. The highest BCUT2D eigenvalue weighted by molar-refractivity contribution is 5.75. The third kappa shape index (κ3) is 4.06. The van der Waals surface area contributed by atoms with Crippen LogP contribution in [0, 0.1) is 22.7 Å². The number of imidazole rings is 1. The molecule has 0 bridgehead atoms. The van der Waals surface area contributed by atoms with Crippen molar-refractivity contribution in [2.75, 3.05) is 0 Å². The Morgan fingerprint density at radius 1 is 1.04 bits per heavy atom. The number of aryl methyl sites for hydroxylation is 1. The summed E-state index contributed by atoms with van der Waals surface area (Å²) in [4.78, 5) is 67.0.